The molecule has 0 radical (unpaired) electrons. The van der Waals surface area contributed by atoms with Gasteiger partial charge in [-0.1, -0.05) is 47.8 Å². The second-order valence-electron chi connectivity index (χ2n) is 7.42. The first-order valence-electron chi connectivity index (χ1n) is 10.2. The molecule has 0 amide bonds. The predicted octanol–water partition coefficient (Wildman–Crippen LogP) is 6.48. The van der Waals surface area contributed by atoms with E-state index < -0.39 is 0 Å². The van der Waals surface area contributed by atoms with Crippen molar-refractivity contribution in [2.75, 3.05) is 31.9 Å². The van der Waals surface area contributed by atoms with E-state index in [1.807, 2.05) is 54.2 Å². The fourth-order valence-electron chi connectivity index (χ4n) is 3.82. The molecular weight excluding hydrogens is 421 g/mol. The Labute approximate surface area is 187 Å². The summed E-state index contributed by atoms with van der Waals surface area (Å²) in [6.45, 7) is 4.26. The third-order valence-corrected chi connectivity index (χ3v) is 6.91. The zero-order valence-corrected chi connectivity index (χ0v) is 18.7. The van der Waals surface area contributed by atoms with E-state index in [0.29, 0.717) is 16.6 Å². The minimum Gasteiger partial charge on any atom is -0.303 e. The van der Waals surface area contributed by atoms with Gasteiger partial charge in [-0.25, -0.2) is 4.99 Å². The highest BCUT2D eigenvalue weighted by Crippen LogP contribution is 2.31. The first kappa shape index (κ1) is 20.9. The number of hydrogen-bond acceptors (Lipinski definition) is 4. The van der Waals surface area contributed by atoms with E-state index in [2.05, 4.69) is 4.90 Å². The van der Waals surface area contributed by atoms with Crippen molar-refractivity contribution in [3.8, 4) is 0 Å². The number of hydrogen-bond donors (Lipinski definition) is 0. The topological polar surface area (TPSA) is 28.0 Å². The van der Waals surface area contributed by atoms with Crippen LogP contribution in [0.15, 0.2) is 52.4 Å². The molecule has 2 aliphatic rings. The predicted molar refractivity (Wildman–Crippen MR) is 128 cm³/mol. The van der Waals surface area contributed by atoms with E-state index in [0.717, 1.165) is 33.3 Å². The maximum Gasteiger partial charge on any atom is 0.0954 e. The molecule has 6 heteroatoms. The van der Waals surface area contributed by atoms with E-state index in [9.17, 15) is 0 Å². The molecule has 0 aromatic heterocycles. The van der Waals surface area contributed by atoms with E-state index in [1.54, 1.807) is 0 Å². The van der Waals surface area contributed by atoms with E-state index >= 15 is 0 Å². The van der Waals surface area contributed by atoms with Gasteiger partial charge in [-0.2, -0.15) is 0 Å². The number of benzene rings is 2. The monoisotopic (exact) mass is 445 g/mol. The number of fused-ring (bicyclic) bond motifs is 1. The van der Waals surface area contributed by atoms with Crippen molar-refractivity contribution in [3.63, 3.8) is 0 Å². The van der Waals surface area contributed by atoms with Gasteiger partial charge in [0.15, 0.2) is 0 Å². The molecule has 2 aromatic carbocycles. The quantitative estimate of drug-likeness (QED) is 0.492. The Balaban J connectivity index is 1.49. The summed E-state index contributed by atoms with van der Waals surface area (Å²) in [5, 5.41) is 2.42. The van der Waals surface area contributed by atoms with Crippen molar-refractivity contribution in [2.45, 2.75) is 25.7 Å². The van der Waals surface area contributed by atoms with Gasteiger partial charge < -0.3 is 4.90 Å². The molecule has 2 aliphatic heterocycles. The summed E-state index contributed by atoms with van der Waals surface area (Å²) in [6.07, 6.45) is 5.26. The van der Waals surface area contributed by atoms with Crippen LogP contribution in [0.25, 0.3) is 0 Å². The maximum atomic E-state index is 6.47. The van der Waals surface area contributed by atoms with Gasteiger partial charge in [0.1, 0.15) is 0 Å². The van der Waals surface area contributed by atoms with Crippen LogP contribution in [0.2, 0.25) is 10.0 Å². The van der Waals surface area contributed by atoms with Crippen LogP contribution in [-0.4, -0.2) is 47.6 Å². The van der Waals surface area contributed by atoms with Crippen LogP contribution >= 0.6 is 35.0 Å². The lowest BCUT2D eigenvalue weighted by Crippen LogP contribution is -2.30. The van der Waals surface area contributed by atoms with Crippen molar-refractivity contribution in [2.24, 2.45) is 9.98 Å². The summed E-state index contributed by atoms with van der Waals surface area (Å²) in [6, 6.07) is 13.6. The number of thioether (sulfide) groups is 1. The maximum absolute atomic E-state index is 6.47. The Hall–Kier alpha value is -1.33. The van der Waals surface area contributed by atoms with Crippen molar-refractivity contribution in [1.29, 1.82) is 0 Å². The largest absolute Gasteiger partial charge is 0.303 e. The van der Waals surface area contributed by atoms with Crippen LogP contribution in [0.4, 0.5) is 5.69 Å². The number of rotatable bonds is 5. The third kappa shape index (κ3) is 5.43. The van der Waals surface area contributed by atoms with Gasteiger partial charge in [-0.3, -0.25) is 4.99 Å². The van der Waals surface area contributed by atoms with Gasteiger partial charge in [0.2, 0.25) is 0 Å². The second-order valence-corrected chi connectivity index (χ2v) is 9.43. The lowest BCUT2D eigenvalue weighted by molar-refractivity contribution is 0.230. The lowest BCUT2D eigenvalue weighted by atomic mass is 10.0. The third-order valence-electron chi connectivity index (χ3n) is 5.30. The van der Waals surface area contributed by atoms with Crippen molar-refractivity contribution in [3.05, 3.63) is 63.6 Å². The van der Waals surface area contributed by atoms with Gasteiger partial charge in [0, 0.05) is 26.9 Å². The minimum atomic E-state index is 0.571. The normalized spacial score (nSPS) is 17.3. The highest BCUT2D eigenvalue weighted by atomic mass is 35.5. The molecule has 1 saturated heterocycles. The SMILES string of the molecule is Clc1ccc2c(c1)C(c1ccccc1Cl)=NCC(SCCCN1CCCCC1)=N2. The highest BCUT2D eigenvalue weighted by Gasteiger charge is 2.19. The molecule has 0 atom stereocenters. The Morgan fingerprint density at radius 3 is 2.62 bits per heavy atom. The standard InChI is InChI=1S/C23H25Cl2N3S/c24-17-9-10-21-19(15-17)23(18-7-2-3-8-20(18)25)26-16-22(27-21)29-14-6-13-28-11-4-1-5-12-28/h2-3,7-10,15H,1,4-6,11-14,16H2. The Bertz CT molecular complexity index is 920. The van der Waals surface area contributed by atoms with E-state index in [4.69, 9.17) is 33.2 Å². The second kappa shape index (κ2) is 10.1. The van der Waals surface area contributed by atoms with Crippen molar-refractivity contribution >= 4 is 51.4 Å². The van der Waals surface area contributed by atoms with Gasteiger partial charge >= 0.3 is 0 Å². The molecule has 0 spiro atoms. The van der Waals surface area contributed by atoms with Crippen LogP contribution in [0, 0.1) is 0 Å². The Morgan fingerprint density at radius 1 is 0.966 bits per heavy atom. The van der Waals surface area contributed by atoms with Gasteiger partial charge in [-0.15, -0.1) is 11.8 Å². The summed E-state index contributed by atoms with van der Waals surface area (Å²) < 4.78 is 0. The number of aliphatic imine (C=N–C) groups is 2. The van der Waals surface area contributed by atoms with Crippen molar-refractivity contribution in [1.82, 2.24) is 4.90 Å². The molecule has 2 heterocycles. The zero-order valence-electron chi connectivity index (χ0n) is 16.4. The number of nitrogens with zero attached hydrogens (tertiary/aromatic N) is 3. The Morgan fingerprint density at radius 2 is 1.79 bits per heavy atom. The van der Waals surface area contributed by atoms with Gasteiger partial charge in [0.05, 0.1) is 23.0 Å². The minimum absolute atomic E-state index is 0.571. The van der Waals surface area contributed by atoms with Crippen LogP contribution in [0.3, 0.4) is 0 Å². The first-order valence-corrected chi connectivity index (χ1v) is 12.0. The fraction of sp³-hybridized carbons (Fsp3) is 0.391. The van der Waals surface area contributed by atoms with Gasteiger partial charge in [-0.05, 0) is 63.2 Å². The molecule has 29 heavy (non-hydrogen) atoms. The fourth-order valence-corrected chi connectivity index (χ4v) is 5.04. The number of halogens is 2. The molecule has 0 saturated carbocycles. The van der Waals surface area contributed by atoms with Crippen LogP contribution in [-0.2, 0) is 0 Å². The Kier molecular flexibility index (Phi) is 7.30. The molecule has 0 unspecified atom stereocenters. The van der Waals surface area contributed by atoms with Crippen LogP contribution < -0.4 is 0 Å². The summed E-state index contributed by atoms with van der Waals surface area (Å²) in [5.74, 6) is 1.06. The molecule has 1 fully saturated rings. The number of likely N-dealkylation sites (tertiary alicyclic amines) is 1. The lowest BCUT2D eigenvalue weighted by Gasteiger charge is -2.26. The van der Waals surface area contributed by atoms with Crippen LogP contribution in [0.1, 0.15) is 36.8 Å². The number of piperidine rings is 1. The average molecular weight is 446 g/mol. The summed E-state index contributed by atoms with van der Waals surface area (Å²) in [7, 11) is 0. The zero-order chi connectivity index (χ0) is 20.1. The molecule has 3 nitrogen and oxygen atoms in total. The molecule has 152 valence electrons. The molecule has 2 aromatic rings. The summed E-state index contributed by atoms with van der Waals surface area (Å²) >= 11 is 14.6. The molecule has 0 N–H and O–H groups in total. The summed E-state index contributed by atoms with van der Waals surface area (Å²) in [5.41, 5.74) is 3.63. The smallest absolute Gasteiger partial charge is 0.0954 e. The van der Waals surface area contributed by atoms with E-state index in [-0.39, 0.29) is 0 Å². The molecule has 0 bridgehead atoms. The molecule has 4 rings (SSSR count). The first-order chi connectivity index (χ1) is 14.2. The average Bonchev–Trinajstić information content (AvgIpc) is 2.91. The van der Waals surface area contributed by atoms with E-state index in [1.165, 1.54) is 45.3 Å². The van der Waals surface area contributed by atoms with Gasteiger partial charge in [0.25, 0.3) is 0 Å². The summed E-state index contributed by atoms with van der Waals surface area (Å²) in [4.78, 5) is 12.4. The van der Waals surface area contributed by atoms with Crippen LogP contribution in [0.5, 0.6) is 0 Å². The molecule has 0 aliphatic carbocycles. The highest BCUT2D eigenvalue weighted by molar-refractivity contribution is 8.14. The molecular formula is C23H25Cl2N3S. The van der Waals surface area contributed by atoms with Crippen molar-refractivity contribution < 1.29 is 0 Å².